The maximum absolute atomic E-state index is 5.83. The average molecular weight is 358 g/mol. The molecule has 2 nitrogen and oxygen atoms in total. The normalized spacial score (nSPS) is 14.7. The molecule has 0 aliphatic carbocycles. The van der Waals surface area contributed by atoms with Gasteiger partial charge in [0.25, 0.3) is 0 Å². The van der Waals surface area contributed by atoms with Crippen molar-refractivity contribution in [2.45, 2.75) is 47.1 Å². The number of nitrogens with zero attached hydrogens (tertiary/aromatic N) is 1. The summed E-state index contributed by atoms with van der Waals surface area (Å²) in [4.78, 5) is 4.78. The highest BCUT2D eigenvalue weighted by Crippen LogP contribution is 2.25. The molecule has 1 unspecified atom stereocenters. The highest BCUT2D eigenvalue weighted by atomic mass is 127. The smallest absolute Gasteiger partial charge is 0.0720 e. The predicted molar refractivity (Wildman–Crippen MR) is 89.2 cm³/mol. The van der Waals surface area contributed by atoms with Gasteiger partial charge < -0.3 is 5.73 Å². The minimum Gasteiger partial charge on any atom is -0.398 e. The third kappa shape index (κ3) is 4.96. The molecule has 0 saturated heterocycles. The second-order valence-electron chi connectivity index (χ2n) is 6.06. The van der Waals surface area contributed by atoms with Crippen LogP contribution in [0.25, 0.3) is 0 Å². The summed E-state index contributed by atoms with van der Waals surface area (Å²) in [5, 5.41) is 0. The lowest BCUT2D eigenvalue weighted by atomic mass is 9.90. The molecule has 0 radical (unpaired) electrons. The van der Waals surface area contributed by atoms with Crippen LogP contribution >= 0.6 is 22.6 Å². The third-order valence-corrected chi connectivity index (χ3v) is 3.64. The molecule has 0 saturated carbocycles. The number of anilines is 1. The van der Waals surface area contributed by atoms with Gasteiger partial charge >= 0.3 is 0 Å². The Kier molecular flexibility index (Phi) is 5.20. The summed E-state index contributed by atoms with van der Waals surface area (Å²) in [7, 11) is 0. The van der Waals surface area contributed by atoms with E-state index in [9.17, 15) is 0 Å². The van der Waals surface area contributed by atoms with Crippen molar-refractivity contribution in [3.8, 4) is 0 Å². The molecule has 1 aromatic rings. The van der Waals surface area contributed by atoms with E-state index in [1.807, 2.05) is 6.07 Å². The van der Waals surface area contributed by atoms with Gasteiger partial charge in [-0.2, -0.15) is 0 Å². The Morgan fingerprint density at radius 3 is 2.50 bits per heavy atom. The Morgan fingerprint density at radius 2 is 2.00 bits per heavy atom. The summed E-state index contributed by atoms with van der Waals surface area (Å²) < 4.78 is 1.10. The van der Waals surface area contributed by atoms with Gasteiger partial charge in [0.05, 0.1) is 6.04 Å². The second-order valence-corrected chi connectivity index (χ2v) is 7.22. The van der Waals surface area contributed by atoms with Gasteiger partial charge in [0.1, 0.15) is 0 Å². The molecule has 1 aromatic carbocycles. The molecule has 0 heterocycles. The number of aliphatic imine (C=N–C) groups is 1. The van der Waals surface area contributed by atoms with E-state index in [4.69, 9.17) is 10.7 Å². The Balaban J connectivity index is 2.84. The number of benzene rings is 1. The topological polar surface area (TPSA) is 38.4 Å². The maximum Gasteiger partial charge on any atom is 0.0720 e. The van der Waals surface area contributed by atoms with E-state index in [-0.39, 0.29) is 6.04 Å². The molecule has 100 valence electrons. The van der Waals surface area contributed by atoms with E-state index in [1.165, 1.54) is 11.3 Å². The Bertz CT molecular complexity index is 444. The molecule has 0 aliphatic rings. The average Bonchev–Trinajstić information content (AvgIpc) is 2.18. The van der Waals surface area contributed by atoms with Gasteiger partial charge in [0.15, 0.2) is 0 Å². The van der Waals surface area contributed by atoms with Crippen LogP contribution in [0.4, 0.5) is 5.69 Å². The van der Waals surface area contributed by atoms with Gasteiger partial charge in [-0.25, -0.2) is 0 Å². The summed E-state index contributed by atoms with van der Waals surface area (Å²) in [5.41, 5.74) is 9.39. The van der Waals surface area contributed by atoms with Crippen LogP contribution in [-0.4, -0.2) is 5.71 Å². The molecule has 0 bridgehead atoms. The monoisotopic (exact) mass is 358 g/mol. The first kappa shape index (κ1) is 15.5. The van der Waals surface area contributed by atoms with Crippen molar-refractivity contribution in [2.24, 2.45) is 10.4 Å². The van der Waals surface area contributed by atoms with Crippen LogP contribution in [-0.2, 0) is 0 Å². The number of nitrogen functional groups attached to an aromatic ring is 1. The van der Waals surface area contributed by atoms with Gasteiger partial charge in [0.2, 0.25) is 0 Å². The van der Waals surface area contributed by atoms with Gasteiger partial charge in [-0.1, -0.05) is 26.8 Å². The lowest BCUT2D eigenvalue weighted by molar-refractivity contribution is 0.432. The fraction of sp³-hybridized carbons (Fsp3) is 0.533. The Hall–Kier alpha value is -0.580. The molecule has 18 heavy (non-hydrogen) atoms. The first-order valence-electron chi connectivity index (χ1n) is 6.27. The lowest BCUT2D eigenvalue weighted by Crippen LogP contribution is -2.11. The van der Waals surface area contributed by atoms with Crippen LogP contribution < -0.4 is 5.73 Å². The lowest BCUT2D eigenvalue weighted by Gasteiger charge is -2.19. The van der Waals surface area contributed by atoms with E-state index in [1.54, 1.807) is 0 Å². The summed E-state index contributed by atoms with van der Waals surface area (Å²) in [6.45, 7) is 11.0. The molecular formula is C15H23IN2. The van der Waals surface area contributed by atoms with E-state index in [2.05, 4.69) is 69.3 Å². The zero-order chi connectivity index (χ0) is 13.9. The summed E-state index contributed by atoms with van der Waals surface area (Å²) >= 11 is 2.27. The molecule has 0 spiro atoms. The van der Waals surface area contributed by atoms with Gasteiger partial charge in [-0.15, -0.1) is 0 Å². The van der Waals surface area contributed by atoms with Crippen LogP contribution in [0, 0.1) is 8.99 Å². The van der Waals surface area contributed by atoms with Gasteiger partial charge in [-0.3, -0.25) is 4.99 Å². The molecule has 0 aliphatic heterocycles. The first-order valence-corrected chi connectivity index (χ1v) is 7.35. The second kappa shape index (κ2) is 6.04. The van der Waals surface area contributed by atoms with Crippen LogP contribution in [0.3, 0.4) is 0 Å². The third-order valence-electron chi connectivity index (χ3n) is 2.71. The fourth-order valence-electron chi connectivity index (χ4n) is 2.02. The van der Waals surface area contributed by atoms with Crippen molar-refractivity contribution in [3.63, 3.8) is 0 Å². The van der Waals surface area contributed by atoms with Crippen LogP contribution in [0.5, 0.6) is 0 Å². The molecule has 0 fully saturated rings. The van der Waals surface area contributed by atoms with Crippen molar-refractivity contribution in [3.05, 3.63) is 27.3 Å². The summed E-state index contributed by atoms with van der Waals surface area (Å²) in [6.07, 6.45) is 1.03. The number of hydrogen-bond donors (Lipinski definition) is 1. The molecule has 1 rings (SSSR count). The molecule has 2 N–H and O–H groups in total. The zero-order valence-corrected chi connectivity index (χ0v) is 14.1. The summed E-state index contributed by atoms with van der Waals surface area (Å²) in [6, 6.07) is 6.34. The highest BCUT2D eigenvalue weighted by molar-refractivity contribution is 14.1. The highest BCUT2D eigenvalue weighted by Gasteiger charge is 2.13. The molecule has 1 atom stereocenters. The number of hydrogen-bond acceptors (Lipinski definition) is 2. The van der Waals surface area contributed by atoms with E-state index in [0.29, 0.717) is 5.41 Å². The van der Waals surface area contributed by atoms with Crippen LogP contribution in [0.2, 0.25) is 0 Å². The number of halogens is 1. The quantitative estimate of drug-likeness (QED) is 0.469. The van der Waals surface area contributed by atoms with Crippen LogP contribution in [0.15, 0.2) is 23.2 Å². The standard InChI is InChI=1S/C15H23IN2/c1-10(9-15(3,4)5)18-11(2)12-6-7-14(17)13(16)8-12/h6-8,11H,9,17H2,1-5H3. The molecule has 3 heteroatoms. The fourth-order valence-corrected chi connectivity index (χ4v) is 2.56. The Morgan fingerprint density at radius 1 is 1.39 bits per heavy atom. The maximum atomic E-state index is 5.83. The SMILES string of the molecule is CC(CC(C)(C)C)=NC(C)c1ccc(N)c(I)c1. The predicted octanol–water partition coefficient (Wildman–Crippen LogP) is 4.83. The molecule has 0 aromatic heterocycles. The van der Waals surface area contributed by atoms with E-state index in [0.717, 1.165) is 15.7 Å². The van der Waals surface area contributed by atoms with Gasteiger partial charge in [-0.05, 0) is 66.0 Å². The van der Waals surface area contributed by atoms with E-state index >= 15 is 0 Å². The largest absolute Gasteiger partial charge is 0.398 e. The van der Waals surface area contributed by atoms with Crippen molar-refractivity contribution < 1.29 is 0 Å². The zero-order valence-electron chi connectivity index (χ0n) is 11.9. The van der Waals surface area contributed by atoms with E-state index < -0.39 is 0 Å². The summed E-state index contributed by atoms with van der Waals surface area (Å²) in [5.74, 6) is 0. The van der Waals surface area contributed by atoms with Crippen molar-refractivity contribution in [1.29, 1.82) is 0 Å². The molecule has 0 amide bonds. The number of nitrogens with two attached hydrogens (primary N) is 1. The van der Waals surface area contributed by atoms with Crippen molar-refractivity contribution in [2.75, 3.05) is 5.73 Å². The minimum atomic E-state index is 0.196. The van der Waals surface area contributed by atoms with Crippen LogP contribution in [0.1, 0.15) is 52.6 Å². The molecular weight excluding hydrogens is 335 g/mol. The Labute approximate surface area is 124 Å². The minimum absolute atomic E-state index is 0.196. The van der Waals surface area contributed by atoms with Crippen molar-refractivity contribution >= 4 is 34.0 Å². The van der Waals surface area contributed by atoms with Crippen molar-refractivity contribution in [1.82, 2.24) is 0 Å². The number of rotatable bonds is 3. The first-order chi connectivity index (χ1) is 8.19. The van der Waals surface area contributed by atoms with Gasteiger partial charge in [0, 0.05) is 15.0 Å².